The third-order valence-corrected chi connectivity index (χ3v) is 2.42. The minimum Gasteiger partial charge on any atom is -0.271 e. The topological polar surface area (TPSA) is 38.0 Å². The van der Waals surface area contributed by atoms with Crippen molar-refractivity contribution in [2.45, 2.75) is 25.8 Å². The monoisotopic (exact) mass is 226 g/mol. The summed E-state index contributed by atoms with van der Waals surface area (Å²) in [6.45, 7) is 5.64. The molecule has 0 aliphatic carbocycles. The van der Waals surface area contributed by atoms with E-state index in [-0.39, 0.29) is 5.56 Å². The summed E-state index contributed by atoms with van der Waals surface area (Å²) in [6, 6.07) is 3.69. The molecule has 0 bridgehead atoms. The molecule has 0 amide bonds. The number of nitrogens with one attached hydrogen (secondary N) is 1. The lowest BCUT2D eigenvalue weighted by molar-refractivity contribution is 0.452. The zero-order chi connectivity index (χ0) is 12.1. The van der Waals surface area contributed by atoms with E-state index in [0.29, 0.717) is 12.8 Å². The van der Waals surface area contributed by atoms with E-state index in [4.69, 9.17) is 5.84 Å². The molecule has 88 valence electrons. The third kappa shape index (κ3) is 3.12. The zero-order valence-electron chi connectivity index (χ0n) is 9.26. The zero-order valence-corrected chi connectivity index (χ0v) is 9.26. The van der Waals surface area contributed by atoms with Crippen LogP contribution in [0, 0.1) is 11.6 Å². The van der Waals surface area contributed by atoms with Gasteiger partial charge in [-0.25, -0.2) is 8.78 Å². The van der Waals surface area contributed by atoms with Gasteiger partial charge in [0, 0.05) is 11.6 Å². The molecule has 0 spiro atoms. The number of hydrogen-bond acceptors (Lipinski definition) is 2. The SMILES string of the molecule is C=C(C)CCC(NN)c1cccc(F)c1F. The predicted molar refractivity (Wildman–Crippen MR) is 60.5 cm³/mol. The normalized spacial score (nSPS) is 12.5. The maximum absolute atomic E-state index is 13.5. The van der Waals surface area contributed by atoms with Crippen molar-refractivity contribution in [1.82, 2.24) is 5.43 Å². The van der Waals surface area contributed by atoms with E-state index in [1.165, 1.54) is 12.1 Å². The average molecular weight is 226 g/mol. The maximum Gasteiger partial charge on any atom is 0.163 e. The fourth-order valence-corrected chi connectivity index (χ4v) is 1.51. The van der Waals surface area contributed by atoms with Crippen LogP contribution in [0.2, 0.25) is 0 Å². The Labute approximate surface area is 94.1 Å². The second-order valence-electron chi connectivity index (χ2n) is 3.86. The van der Waals surface area contributed by atoms with Crippen molar-refractivity contribution in [3.63, 3.8) is 0 Å². The molecule has 0 aliphatic heterocycles. The van der Waals surface area contributed by atoms with Gasteiger partial charge < -0.3 is 0 Å². The van der Waals surface area contributed by atoms with Crippen LogP contribution in [0.15, 0.2) is 30.4 Å². The first-order valence-corrected chi connectivity index (χ1v) is 5.10. The van der Waals surface area contributed by atoms with E-state index < -0.39 is 17.7 Å². The van der Waals surface area contributed by atoms with Crippen LogP contribution in [0.25, 0.3) is 0 Å². The summed E-state index contributed by atoms with van der Waals surface area (Å²) >= 11 is 0. The summed E-state index contributed by atoms with van der Waals surface area (Å²) in [5, 5.41) is 0. The van der Waals surface area contributed by atoms with Crippen LogP contribution >= 0.6 is 0 Å². The molecule has 1 atom stereocenters. The number of hydrazine groups is 1. The lowest BCUT2D eigenvalue weighted by Crippen LogP contribution is -2.29. The first-order valence-electron chi connectivity index (χ1n) is 5.10. The fraction of sp³-hybridized carbons (Fsp3) is 0.333. The molecule has 2 nitrogen and oxygen atoms in total. The molecular weight excluding hydrogens is 210 g/mol. The van der Waals surface area contributed by atoms with Gasteiger partial charge in [-0.05, 0) is 25.8 Å². The Balaban J connectivity index is 2.86. The first-order chi connectivity index (χ1) is 7.56. The van der Waals surface area contributed by atoms with E-state index in [9.17, 15) is 8.78 Å². The van der Waals surface area contributed by atoms with Crippen molar-refractivity contribution in [2.75, 3.05) is 0 Å². The van der Waals surface area contributed by atoms with Crippen molar-refractivity contribution >= 4 is 0 Å². The molecule has 16 heavy (non-hydrogen) atoms. The highest BCUT2D eigenvalue weighted by molar-refractivity contribution is 5.22. The summed E-state index contributed by atoms with van der Waals surface area (Å²) in [7, 11) is 0. The van der Waals surface area contributed by atoms with Gasteiger partial charge in [-0.1, -0.05) is 17.7 Å². The Morgan fingerprint density at radius 3 is 2.75 bits per heavy atom. The second-order valence-corrected chi connectivity index (χ2v) is 3.86. The lowest BCUT2D eigenvalue weighted by Gasteiger charge is -2.17. The molecule has 0 heterocycles. The number of hydrogen-bond donors (Lipinski definition) is 2. The third-order valence-electron chi connectivity index (χ3n) is 2.42. The quantitative estimate of drug-likeness (QED) is 0.460. The molecule has 1 rings (SSSR count). The van der Waals surface area contributed by atoms with Crippen molar-refractivity contribution in [2.24, 2.45) is 5.84 Å². The molecule has 0 saturated heterocycles. The molecule has 0 aromatic heterocycles. The van der Waals surface area contributed by atoms with Gasteiger partial charge >= 0.3 is 0 Å². The number of halogens is 2. The Kier molecular flexibility index (Phi) is 4.58. The average Bonchev–Trinajstić information content (AvgIpc) is 2.24. The minimum atomic E-state index is -0.854. The molecule has 1 unspecified atom stereocenters. The van der Waals surface area contributed by atoms with Crippen LogP contribution in [-0.2, 0) is 0 Å². The van der Waals surface area contributed by atoms with Gasteiger partial charge in [0.05, 0.1) is 0 Å². The van der Waals surface area contributed by atoms with E-state index in [0.717, 1.165) is 11.6 Å². The van der Waals surface area contributed by atoms with Crippen LogP contribution in [0.1, 0.15) is 31.4 Å². The molecule has 1 aromatic rings. The van der Waals surface area contributed by atoms with Crippen LogP contribution in [-0.4, -0.2) is 0 Å². The highest BCUT2D eigenvalue weighted by Gasteiger charge is 2.16. The highest BCUT2D eigenvalue weighted by Crippen LogP contribution is 2.23. The number of allylic oxidation sites excluding steroid dienone is 1. The predicted octanol–water partition coefficient (Wildman–Crippen LogP) is 2.83. The summed E-state index contributed by atoms with van der Waals surface area (Å²) in [6.07, 6.45) is 1.30. The molecule has 0 aliphatic rings. The van der Waals surface area contributed by atoms with Crippen LogP contribution in [0.4, 0.5) is 8.78 Å². The van der Waals surface area contributed by atoms with Crippen LogP contribution < -0.4 is 11.3 Å². The molecule has 0 fully saturated rings. The number of nitrogens with two attached hydrogens (primary N) is 1. The van der Waals surface area contributed by atoms with Gasteiger partial charge in [0.2, 0.25) is 0 Å². The van der Waals surface area contributed by atoms with Crippen molar-refractivity contribution in [1.29, 1.82) is 0 Å². The van der Waals surface area contributed by atoms with Crippen molar-refractivity contribution < 1.29 is 8.78 Å². The Hall–Kier alpha value is -1.26. The van der Waals surface area contributed by atoms with Crippen molar-refractivity contribution in [3.05, 3.63) is 47.5 Å². The van der Waals surface area contributed by atoms with E-state index >= 15 is 0 Å². The largest absolute Gasteiger partial charge is 0.271 e. The van der Waals surface area contributed by atoms with Crippen LogP contribution in [0.3, 0.4) is 0 Å². The minimum absolute atomic E-state index is 0.253. The van der Waals surface area contributed by atoms with Gasteiger partial charge in [-0.3, -0.25) is 11.3 Å². The first kappa shape index (κ1) is 12.8. The Bertz CT molecular complexity index is 377. The Morgan fingerprint density at radius 2 is 2.19 bits per heavy atom. The van der Waals surface area contributed by atoms with Crippen LogP contribution in [0.5, 0.6) is 0 Å². The van der Waals surface area contributed by atoms with Gasteiger partial charge in [0.1, 0.15) is 0 Å². The summed E-state index contributed by atoms with van der Waals surface area (Å²) < 4.78 is 26.5. The fourth-order valence-electron chi connectivity index (χ4n) is 1.51. The van der Waals surface area contributed by atoms with Gasteiger partial charge in [0.15, 0.2) is 11.6 Å². The molecule has 0 radical (unpaired) electrons. The molecule has 3 N–H and O–H groups in total. The summed E-state index contributed by atoms with van der Waals surface area (Å²) in [4.78, 5) is 0. The van der Waals surface area contributed by atoms with Crippen molar-refractivity contribution in [3.8, 4) is 0 Å². The van der Waals surface area contributed by atoms with E-state index in [2.05, 4.69) is 12.0 Å². The summed E-state index contributed by atoms with van der Waals surface area (Å²) in [5.41, 5.74) is 3.73. The lowest BCUT2D eigenvalue weighted by atomic mass is 10.00. The van der Waals surface area contributed by atoms with Gasteiger partial charge in [-0.2, -0.15) is 0 Å². The van der Waals surface area contributed by atoms with E-state index in [1.54, 1.807) is 0 Å². The molecule has 4 heteroatoms. The molecule has 1 aromatic carbocycles. The Morgan fingerprint density at radius 1 is 1.50 bits per heavy atom. The van der Waals surface area contributed by atoms with Gasteiger partial charge in [-0.15, -0.1) is 6.58 Å². The second kappa shape index (κ2) is 5.72. The number of benzene rings is 1. The smallest absolute Gasteiger partial charge is 0.163 e. The highest BCUT2D eigenvalue weighted by atomic mass is 19.2. The standard InChI is InChI=1S/C12H16F2N2/c1-8(2)6-7-11(16-15)9-4-3-5-10(13)12(9)14/h3-5,11,16H,1,6-7,15H2,2H3. The van der Waals surface area contributed by atoms with Gasteiger partial charge in [0.25, 0.3) is 0 Å². The number of rotatable bonds is 5. The molecular formula is C12H16F2N2. The maximum atomic E-state index is 13.5. The summed E-state index contributed by atoms with van der Waals surface area (Å²) in [5.74, 6) is 3.65. The van der Waals surface area contributed by atoms with E-state index in [1.807, 2.05) is 6.92 Å². The molecule has 0 saturated carbocycles.